The Hall–Kier alpha value is -2.24. The number of rotatable bonds is 8. The maximum absolute atomic E-state index is 9.01. The molecule has 2 N–H and O–H groups in total. The molecule has 0 amide bonds. The number of methoxy groups -OCH3 is 1. The number of nitrogens with zero attached hydrogens (tertiary/aromatic N) is 1. The van der Waals surface area contributed by atoms with Crippen molar-refractivity contribution in [3.05, 3.63) is 59.7 Å². The molecule has 0 saturated carbocycles. The molecule has 1 fully saturated rings. The van der Waals surface area contributed by atoms with Crippen molar-refractivity contribution in [2.24, 2.45) is 5.16 Å². The molecule has 0 spiro atoms. The Morgan fingerprint density at radius 3 is 2.71 bits per heavy atom. The van der Waals surface area contributed by atoms with E-state index in [0.29, 0.717) is 12.6 Å². The Bertz CT molecular complexity index is 782. The minimum absolute atomic E-state index is 0. The molecule has 1 aliphatic rings. The summed E-state index contributed by atoms with van der Waals surface area (Å²) < 4.78 is 11.4. The lowest BCUT2D eigenvalue weighted by Crippen LogP contribution is -3.13. The SMILES string of the molecule is COc1cccc(CCc2ccccc2OCC[C@@H]2CC/C(=N\O)[NH+]2C)c1.[Cl-]. The van der Waals surface area contributed by atoms with Gasteiger partial charge in [-0.3, -0.25) is 4.90 Å². The van der Waals surface area contributed by atoms with E-state index in [2.05, 4.69) is 36.5 Å². The second kappa shape index (κ2) is 10.9. The molecule has 0 radical (unpaired) electrons. The van der Waals surface area contributed by atoms with Gasteiger partial charge in [-0.25, -0.2) is 0 Å². The lowest BCUT2D eigenvalue weighted by atomic mass is 10.0. The van der Waals surface area contributed by atoms with E-state index >= 15 is 0 Å². The third kappa shape index (κ3) is 5.63. The Balaban J connectivity index is 0.00000280. The summed E-state index contributed by atoms with van der Waals surface area (Å²) in [5.74, 6) is 2.71. The summed E-state index contributed by atoms with van der Waals surface area (Å²) in [7, 11) is 3.76. The monoisotopic (exact) mass is 404 g/mol. The van der Waals surface area contributed by atoms with Crippen molar-refractivity contribution in [2.45, 2.75) is 38.1 Å². The average Bonchev–Trinajstić information content (AvgIpc) is 3.07. The fourth-order valence-electron chi connectivity index (χ4n) is 3.72. The summed E-state index contributed by atoms with van der Waals surface area (Å²) in [5.41, 5.74) is 2.49. The summed E-state index contributed by atoms with van der Waals surface area (Å²) >= 11 is 0. The quantitative estimate of drug-likeness (QED) is 0.470. The van der Waals surface area contributed by atoms with Gasteiger partial charge in [-0.1, -0.05) is 30.3 Å². The Labute approximate surface area is 173 Å². The van der Waals surface area contributed by atoms with Crippen LogP contribution in [0.15, 0.2) is 53.7 Å². The van der Waals surface area contributed by atoms with Crippen LogP contribution in [0.5, 0.6) is 11.5 Å². The number of halogens is 1. The highest BCUT2D eigenvalue weighted by Crippen LogP contribution is 2.22. The van der Waals surface area contributed by atoms with E-state index in [1.165, 1.54) is 16.0 Å². The van der Waals surface area contributed by atoms with Gasteiger partial charge in [0, 0.05) is 12.8 Å². The molecule has 0 aromatic heterocycles. The minimum atomic E-state index is 0. The van der Waals surface area contributed by atoms with Gasteiger partial charge in [-0.05, 0) is 47.3 Å². The van der Waals surface area contributed by atoms with Crippen molar-refractivity contribution < 1.29 is 32.0 Å². The van der Waals surface area contributed by atoms with Crippen molar-refractivity contribution in [1.82, 2.24) is 0 Å². The molecule has 3 rings (SSSR count). The number of para-hydroxylation sites is 1. The summed E-state index contributed by atoms with van der Waals surface area (Å²) in [5, 5.41) is 12.4. The van der Waals surface area contributed by atoms with E-state index in [0.717, 1.165) is 49.4 Å². The topological polar surface area (TPSA) is 55.5 Å². The van der Waals surface area contributed by atoms with Crippen LogP contribution in [0.4, 0.5) is 0 Å². The van der Waals surface area contributed by atoms with Gasteiger partial charge in [0.25, 0.3) is 0 Å². The lowest BCUT2D eigenvalue weighted by molar-refractivity contribution is -0.805. The minimum Gasteiger partial charge on any atom is -1.00 e. The molecule has 6 heteroatoms. The van der Waals surface area contributed by atoms with Crippen molar-refractivity contribution in [2.75, 3.05) is 20.8 Å². The molecule has 2 atom stereocenters. The van der Waals surface area contributed by atoms with Gasteiger partial charge in [-0.2, -0.15) is 0 Å². The van der Waals surface area contributed by atoms with Gasteiger partial charge in [0.15, 0.2) is 0 Å². The first-order chi connectivity index (χ1) is 13.2. The molecule has 0 aliphatic carbocycles. The Morgan fingerprint density at radius 1 is 1.14 bits per heavy atom. The molecular weight excluding hydrogens is 376 g/mol. The van der Waals surface area contributed by atoms with Crippen LogP contribution >= 0.6 is 0 Å². The van der Waals surface area contributed by atoms with E-state index < -0.39 is 0 Å². The number of ether oxygens (including phenoxy) is 2. The number of likely N-dealkylation sites (tertiary alicyclic amines) is 1. The summed E-state index contributed by atoms with van der Waals surface area (Å²) in [4.78, 5) is 1.20. The lowest BCUT2D eigenvalue weighted by Gasteiger charge is -2.17. The van der Waals surface area contributed by atoms with Crippen LogP contribution in [-0.2, 0) is 12.8 Å². The zero-order chi connectivity index (χ0) is 19.1. The van der Waals surface area contributed by atoms with Crippen LogP contribution < -0.4 is 26.8 Å². The summed E-state index contributed by atoms with van der Waals surface area (Å²) in [6.45, 7) is 0.677. The second-order valence-corrected chi connectivity index (χ2v) is 7.06. The first kappa shape index (κ1) is 22.1. The molecule has 28 heavy (non-hydrogen) atoms. The fourth-order valence-corrected chi connectivity index (χ4v) is 3.72. The molecular formula is C22H29ClN2O3. The fraction of sp³-hybridized carbons (Fsp3) is 0.409. The maximum atomic E-state index is 9.01. The van der Waals surface area contributed by atoms with E-state index in [1.807, 2.05) is 24.3 Å². The molecule has 1 heterocycles. The van der Waals surface area contributed by atoms with Gasteiger partial charge >= 0.3 is 0 Å². The van der Waals surface area contributed by atoms with Gasteiger partial charge < -0.3 is 27.1 Å². The predicted octanol–water partition coefficient (Wildman–Crippen LogP) is -0.282. The smallest absolute Gasteiger partial charge is 0.236 e. The molecule has 1 aliphatic heterocycles. The van der Waals surface area contributed by atoms with Crippen LogP contribution in [0.25, 0.3) is 0 Å². The second-order valence-electron chi connectivity index (χ2n) is 7.06. The number of nitrogens with one attached hydrogen (secondary N) is 1. The highest BCUT2D eigenvalue weighted by atomic mass is 35.5. The number of hydrogen-bond donors (Lipinski definition) is 2. The van der Waals surface area contributed by atoms with Crippen LogP contribution in [0, 0.1) is 0 Å². The number of amidine groups is 1. The average molecular weight is 405 g/mol. The zero-order valence-corrected chi connectivity index (χ0v) is 17.3. The largest absolute Gasteiger partial charge is 1.00 e. The maximum Gasteiger partial charge on any atom is 0.236 e. The van der Waals surface area contributed by atoms with Crippen LogP contribution in [-0.4, -0.2) is 37.8 Å². The van der Waals surface area contributed by atoms with Crippen molar-refractivity contribution in [1.29, 1.82) is 0 Å². The first-order valence-electron chi connectivity index (χ1n) is 9.59. The van der Waals surface area contributed by atoms with Gasteiger partial charge in [0.2, 0.25) is 5.84 Å². The number of hydrogen-bond acceptors (Lipinski definition) is 4. The Morgan fingerprint density at radius 2 is 1.96 bits per heavy atom. The van der Waals surface area contributed by atoms with Gasteiger partial charge in [0.05, 0.1) is 33.2 Å². The summed E-state index contributed by atoms with van der Waals surface area (Å²) in [6.07, 6.45) is 4.74. The van der Waals surface area contributed by atoms with Crippen LogP contribution in [0.2, 0.25) is 0 Å². The molecule has 0 bridgehead atoms. The van der Waals surface area contributed by atoms with Crippen molar-refractivity contribution in [3.8, 4) is 11.5 Å². The third-order valence-corrected chi connectivity index (χ3v) is 5.43. The van der Waals surface area contributed by atoms with E-state index in [9.17, 15) is 0 Å². The van der Waals surface area contributed by atoms with Crippen LogP contribution in [0.1, 0.15) is 30.4 Å². The molecule has 2 aromatic carbocycles. The molecule has 152 valence electrons. The van der Waals surface area contributed by atoms with E-state index in [1.54, 1.807) is 7.11 Å². The third-order valence-electron chi connectivity index (χ3n) is 5.43. The molecule has 2 aromatic rings. The molecule has 1 saturated heterocycles. The normalized spacial score (nSPS) is 20.0. The van der Waals surface area contributed by atoms with Crippen LogP contribution in [0.3, 0.4) is 0 Å². The molecule has 5 nitrogen and oxygen atoms in total. The number of quaternary nitrogens is 1. The zero-order valence-electron chi connectivity index (χ0n) is 16.5. The number of aryl methyl sites for hydroxylation is 2. The van der Waals surface area contributed by atoms with E-state index in [-0.39, 0.29) is 12.4 Å². The van der Waals surface area contributed by atoms with Crippen molar-refractivity contribution >= 4 is 5.84 Å². The Kier molecular flexibility index (Phi) is 8.61. The standard InChI is InChI=1S/C22H28N2O3.ClH/c1-24-19(12-13-22(24)23-25)14-15-27-21-9-4-3-7-18(21)11-10-17-6-5-8-20(16-17)26-2;/h3-9,16,19,25H,10-15H2,1-2H3;1H/b23-22+;/t19-;/m0./s1. The van der Waals surface area contributed by atoms with Gasteiger partial charge in [0.1, 0.15) is 11.5 Å². The highest BCUT2D eigenvalue weighted by molar-refractivity contribution is 5.74. The molecule has 1 unspecified atom stereocenters. The highest BCUT2D eigenvalue weighted by Gasteiger charge is 2.31. The van der Waals surface area contributed by atoms with Gasteiger partial charge in [-0.15, -0.1) is 0 Å². The first-order valence-corrected chi connectivity index (χ1v) is 9.59. The predicted molar refractivity (Wildman–Crippen MR) is 106 cm³/mol. The van der Waals surface area contributed by atoms with Crippen molar-refractivity contribution in [3.63, 3.8) is 0 Å². The summed E-state index contributed by atoms with van der Waals surface area (Å²) in [6, 6.07) is 16.9. The van der Waals surface area contributed by atoms with E-state index in [4.69, 9.17) is 14.7 Å². The number of oxime groups is 1. The number of benzene rings is 2.